The second kappa shape index (κ2) is 7.56. The Morgan fingerprint density at radius 3 is 2.57 bits per heavy atom. The normalized spacial score (nSPS) is 10.2. The summed E-state index contributed by atoms with van der Waals surface area (Å²) in [6.07, 6.45) is 0. The van der Waals surface area contributed by atoms with Crippen molar-refractivity contribution in [2.24, 2.45) is 0 Å². The Kier molecular flexibility index (Phi) is 5.75. The highest BCUT2D eigenvalue weighted by atomic mass is 127. The lowest BCUT2D eigenvalue weighted by molar-refractivity contribution is -0.120. The predicted molar refractivity (Wildman–Crippen MR) is 92.4 cm³/mol. The molecule has 6 heteroatoms. The van der Waals surface area contributed by atoms with E-state index < -0.39 is 0 Å². The van der Waals surface area contributed by atoms with Gasteiger partial charge in [-0.05, 0) is 53.8 Å². The molecule has 0 fully saturated rings. The van der Waals surface area contributed by atoms with E-state index in [1.165, 1.54) is 4.88 Å². The summed E-state index contributed by atoms with van der Waals surface area (Å²) in [5.74, 6) is -0.428. The molecule has 0 atom stereocenters. The van der Waals surface area contributed by atoms with Crippen molar-refractivity contribution in [3.63, 3.8) is 0 Å². The van der Waals surface area contributed by atoms with E-state index in [0.717, 1.165) is 8.45 Å². The summed E-state index contributed by atoms with van der Waals surface area (Å²) in [6, 6.07) is 11.3. The van der Waals surface area contributed by atoms with Crippen LogP contribution in [0.5, 0.6) is 0 Å². The maximum absolute atomic E-state index is 12.0. The first-order chi connectivity index (χ1) is 10.1. The summed E-state index contributed by atoms with van der Waals surface area (Å²) in [5, 5.41) is 5.42. The second-order valence-electron chi connectivity index (χ2n) is 4.45. The fourth-order valence-corrected chi connectivity index (χ4v) is 3.19. The molecule has 0 saturated heterocycles. The number of aryl methyl sites for hydroxylation is 1. The predicted octanol–water partition coefficient (Wildman–Crippen LogP) is 2.71. The van der Waals surface area contributed by atoms with Gasteiger partial charge in [0.1, 0.15) is 0 Å². The molecule has 4 nitrogen and oxygen atoms in total. The molecule has 1 heterocycles. The molecule has 0 bridgehead atoms. The summed E-state index contributed by atoms with van der Waals surface area (Å²) < 4.78 is 0.863. The lowest BCUT2D eigenvalue weighted by Crippen LogP contribution is -2.36. The van der Waals surface area contributed by atoms with Crippen LogP contribution in [0.15, 0.2) is 36.4 Å². The molecule has 0 radical (unpaired) electrons. The van der Waals surface area contributed by atoms with E-state index in [1.807, 2.05) is 31.2 Å². The quantitative estimate of drug-likeness (QED) is 0.740. The van der Waals surface area contributed by atoms with Crippen LogP contribution in [0.4, 0.5) is 0 Å². The Morgan fingerprint density at radius 1 is 1.14 bits per heavy atom. The Morgan fingerprint density at radius 2 is 1.90 bits per heavy atom. The smallest absolute Gasteiger partial charge is 0.252 e. The molecule has 2 N–H and O–H groups in total. The second-order valence-corrected chi connectivity index (χ2v) is 6.99. The summed E-state index contributed by atoms with van der Waals surface area (Å²) in [6.45, 7) is 2.50. The highest BCUT2D eigenvalue weighted by Crippen LogP contribution is 2.14. The first-order valence-electron chi connectivity index (χ1n) is 6.41. The number of carbonyl (C=O) groups is 2. The molecule has 0 saturated carbocycles. The van der Waals surface area contributed by atoms with E-state index in [2.05, 4.69) is 33.2 Å². The van der Waals surface area contributed by atoms with Crippen molar-refractivity contribution in [2.75, 3.05) is 6.54 Å². The minimum absolute atomic E-state index is 0.0197. The van der Waals surface area contributed by atoms with Gasteiger partial charge in [0, 0.05) is 13.3 Å². The van der Waals surface area contributed by atoms with Crippen molar-refractivity contribution in [1.82, 2.24) is 10.6 Å². The van der Waals surface area contributed by atoms with Crippen molar-refractivity contribution < 1.29 is 9.59 Å². The van der Waals surface area contributed by atoms with Crippen molar-refractivity contribution in [3.05, 3.63) is 55.3 Å². The van der Waals surface area contributed by atoms with Crippen molar-refractivity contribution in [1.29, 1.82) is 0 Å². The van der Waals surface area contributed by atoms with Gasteiger partial charge in [-0.3, -0.25) is 9.59 Å². The number of hydrogen-bond donors (Lipinski definition) is 2. The lowest BCUT2D eigenvalue weighted by atomic mass is 10.2. The molecule has 2 amide bonds. The minimum atomic E-state index is -0.234. The van der Waals surface area contributed by atoms with Gasteiger partial charge in [-0.1, -0.05) is 12.1 Å². The Bertz CT molecular complexity index is 655. The van der Waals surface area contributed by atoms with E-state index in [9.17, 15) is 9.59 Å². The summed E-state index contributed by atoms with van der Waals surface area (Å²) in [4.78, 5) is 26.0. The van der Waals surface area contributed by atoms with Crippen molar-refractivity contribution in [3.8, 4) is 0 Å². The summed E-state index contributed by atoms with van der Waals surface area (Å²) in [7, 11) is 0. The van der Waals surface area contributed by atoms with E-state index in [4.69, 9.17) is 0 Å². The van der Waals surface area contributed by atoms with Crippen LogP contribution in [0.1, 0.15) is 20.1 Å². The Hall–Kier alpha value is -1.41. The number of halogens is 1. The third-order valence-corrected chi connectivity index (χ3v) is 4.73. The molecular formula is C15H15IN2O2S. The molecule has 2 aromatic rings. The standard InChI is InChI=1S/C15H15IN2O2S/c1-10-6-7-11(21-10)8-17-14(19)9-18-15(20)12-4-2-3-5-13(12)16/h2-7H,8-9H2,1H3,(H,17,19)(H,18,20). The average Bonchev–Trinajstić information content (AvgIpc) is 2.89. The molecular weight excluding hydrogens is 399 g/mol. The number of amides is 2. The Labute approximate surface area is 141 Å². The molecule has 110 valence electrons. The number of hydrogen-bond acceptors (Lipinski definition) is 3. The highest BCUT2D eigenvalue weighted by molar-refractivity contribution is 14.1. The number of thiophene rings is 1. The van der Waals surface area contributed by atoms with E-state index >= 15 is 0 Å². The third-order valence-electron chi connectivity index (χ3n) is 2.78. The molecule has 0 aliphatic heterocycles. The first-order valence-corrected chi connectivity index (χ1v) is 8.30. The van der Waals surface area contributed by atoms with Gasteiger partial charge in [0.25, 0.3) is 5.91 Å². The van der Waals surface area contributed by atoms with Gasteiger partial charge in [-0.2, -0.15) is 0 Å². The largest absolute Gasteiger partial charge is 0.350 e. The van der Waals surface area contributed by atoms with Gasteiger partial charge in [0.05, 0.1) is 18.7 Å². The number of carbonyl (C=O) groups excluding carboxylic acids is 2. The van der Waals surface area contributed by atoms with Crippen LogP contribution >= 0.6 is 33.9 Å². The van der Waals surface area contributed by atoms with Gasteiger partial charge in [0.15, 0.2) is 0 Å². The fourth-order valence-electron chi connectivity index (χ4n) is 1.73. The van der Waals surface area contributed by atoms with Crippen LogP contribution in [-0.2, 0) is 11.3 Å². The van der Waals surface area contributed by atoms with E-state index in [0.29, 0.717) is 12.1 Å². The number of nitrogens with one attached hydrogen (secondary N) is 2. The maximum atomic E-state index is 12.0. The van der Waals surface area contributed by atoms with Gasteiger partial charge >= 0.3 is 0 Å². The minimum Gasteiger partial charge on any atom is -0.350 e. The molecule has 0 aliphatic rings. The first kappa shape index (κ1) is 16.0. The van der Waals surface area contributed by atoms with Gasteiger partial charge < -0.3 is 10.6 Å². The van der Waals surface area contributed by atoms with Crippen LogP contribution in [0.25, 0.3) is 0 Å². The highest BCUT2D eigenvalue weighted by Gasteiger charge is 2.10. The van der Waals surface area contributed by atoms with Gasteiger partial charge in [-0.15, -0.1) is 11.3 Å². The zero-order valence-corrected chi connectivity index (χ0v) is 14.5. The zero-order chi connectivity index (χ0) is 15.2. The zero-order valence-electron chi connectivity index (χ0n) is 11.5. The molecule has 21 heavy (non-hydrogen) atoms. The third kappa shape index (κ3) is 4.82. The monoisotopic (exact) mass is 414 g/mol. The van der Waals surface area contributed by atoms with Crippen LogP contribution in [-0.4, -0.2) is 18.4 Å². The topological polar surface area (TPSA) is 58.2 Å². The molecule has 0 spiro atoms. The summed E-state index contributed by atoms with van der Waals surface area (Å²) >= 11 is 3.75. The maximum Gasteiger partial charge on any atom is 0.252 e. The van der Waals surface area contributed by atoms with Crippen molar-refractivity contribution in [2.45, 2.75) is 13.5 Å². The molecule has 2 rings (SSSR count). The van der Waals surface area contributed by atoms with Crippen molar-refractivity contribution >= 4 is 45.7 Å². The SMILES string of the molecule is Cc1ccc(CNC(=O)CNC(=O)c2ccccc2I)s1. The lowest BCUT2D eigenvalue weighted by Gasteiger charge is -2.07. The van der Waals surface area contributed by atoms with E-state index in [-0.39, 0.29) is 18.4 Å². The number of benzene rings is 1. The van der Waals surface area contributed by atoms with Crippen LogP contribution in [0.3, 0.4) is 0 Å². The average molecular weight is 414 g/mol. The fraction of sp³-hybridized carbons (Fsp3) is 0.200. The van der Waals surface area contributed by atoms with Crippen LogP contribution in [0, 0.1) is 10.5 Å². The molecule has 1 aromatic carbocycles. The van der Waals surface area contributed by atoms with Crippen LogP contribution < -0.4 is 10.6 Å². The van der Waals surface area contributed by atoms with Gasteiger partial charge in [-0.25, -0.2) is 0 Å². The Balaban J connectivity index is 1.79. The van der Waals surface area contributed by atoms with Crippen LogP contribution in [0.2, 0.25) is 0 Å². The molecule has 1 aromatic heterocycles. The van der Waals surface area contributed by atoms with E-state index in [1.54, 1.807) is 23.5 Å². The van der Waals surface area contributed by atoms with Gasteiger partial charge in [0.2, 0.25) is 5.91 Å². The molecule has 0 aliphatic carbocycles. The summed E-state index contributed by atoms with van der Waals surface area (Å²) in [5.41, 5.74) is 0.583. The number of rotatable bonds is 5. The molecule has 0 unspecified atom stereocenters.